The Bertz CT molecular complexity index is 901. The van der Waals surface area contributed by atoms with Crippen LogP contribution in [0.3, 0.4) is 0 Å². The third-order valence-corrected chi connectivity index (χ3v) is 7.33. The summed E-state index contributed by atoms with van der Waals surface area (Å²) >= 11 is 0. The number of rotatable bonds is 8. The van der Waals surface area contributed by atoms with Crippen molar-refractivity contribution < 1.29 is 19.1 Å². The van der Waals surface area contributed by atoms with Crippen molar-refractivity contribution in [2.24, 2.45) is 11.8 Å². The number of ether oxygens (including phenoxy) is 1. The molecule has 4 rings (SSSR count). The zero-order valence-electron chi connectivity index (χ0n) is 19.5. The molecular formula is C26H36N2O4. The Kier molecular flexibility index (Phi) is 7.17. The number of hydrogen-bond acceptors (Lipinski definition) is 4. The van der Waals surface area contributed by atoms with Crippen molar-refractivity contribution in [2.75, 3.05) is 19.7 Å². The summed E-state index contributed by atoms with van der Waals surface area (Å²) < 4.78 is 7.61. The van der Waals surface area contributed by atoms with Gasteiger partial charge in [0.05, 0.1) is 5.92 Å². The number of hydrogen-bond donors (Lipinski definition) is 0. The van der Waals surface area contributed by atoms with E-state index in [4.69, 9.17) is 4.74 Å². The second kappa shape index (κ2) is 10.1. The van der Waals surface area contributed by atoms with Crippen LogP contribution in [0.2, 0.25) is 0 Å². The fraction of sp³-hybridized carbons (Fsp3) is 0.654. The van der Waals surface area contributed by atoms with Crippen LogP contribution >= 0.6 is 0 Å². The van der Waals surface area contributed by atoms with E-state index >= 15 is 0 Å². The molecule has 0 atom stereocenters. The van der Waals surface area contributed by atoms with E-state index in [0.717, 1.165) is 37.2 Å². The Morgan fingerprint density at radius 3 is 2.44 bits per heavy atom. The Labute approximate surface area is 191 Å². The maximum Gasteiger partial charge on any atom is 0.309 e. The number of carbonyl (C=O) groups excluding carboxylic acids is 3. The van der Waals surface area contributed by atoms with E-state index in [9.17, 15) is 14.4 Å². The Hall–Kier alpha value is -2.37. The summed E-state index contributed by atoms with van der Waals surface area (Å²) in [6, 6.07) is 1.92. The molecule has 0 spiro atoms. The number of esters is 1. The van der Waals surface area contributed by atoms with E-state index in [1.54, 1.807) is 0 Å². The van der Waals surface area contributed by atoms with Crippen LogP contribution in [-0.4, -0.2) is 46.8 Å². The molecule has 0 unspecified atom stereocenters. The lowest BCUT2D eigenvalue weighted by Crippen LogP contribution is -2.41. The molecule has 1 saturated carbocycles. The van der Waals surface area contributed by atoms with Crippen LogP contribution in [0.25, 0.3) is 0 Å². The summed E-state index contributed by atoms with van der Waals surface area (Å²) in [6.45, 7) is 5.90. The highest BCUT2D eigenvalue weighted by Gasteiger charge is 2.36. The van der Waals surface area contributed by atoms with Crippen LogP contribution in [-0.2, 0) is 20.9 Å². The lowest BCUT2D eigenvalue weighted by Gasteiger charge is -2.31. The topological polar surface area (TPSA) is 68.6 Å². The SMILES string of the molecule is Cc1cc(C(=O)COC(=O)C2CCN(C(=O)C3CC3)CC2)c(C)n1CCC1=CCCCC1. The minimum absolute atomic E-state index is 0.143. The van der Waals surface area contributed by atoms with Crippen molar-refractivity contribution in [3.8, 4) is 0 Å². The maximum atomic E-state index is 12.8. The van der Waals surface area contributed by atoms with Gasteiger partial charge in [-0.2, -0.15) is 0 Å². The van der Waals surface area contributed by atoms with Gasteiger partial charge in [-0.3, -0.25) is 14.4 Å². The van der Waals surface area contributed by atoms with Gasteiger partial charge in [0.1, 0.15) is 0 Å². The number of aryl methyl sites for hydroxylation is 1. The predicted octanol–water partition coefficient (Wildman–Crippen LogP) is 4.37. The summed E-state index contributed by atoms with van der Waals surface area (Å²) in [5, 5.41) is 0. The first-order valence-electron chi connectivity index (χ1n) is 12.3. The summed E-state index contributed by atoms with van der Waals surface area (Å²) in [6.07, 6.45) is 11.6. The van der Waals surface area contributed by atoms with E-state index in [1.165, 1.54) is 31.3 Å². The first kappa shape index (κ1) is 22.8. The number of piperidine rings is 1. The van der Waals surface area contributed by atoms with Gasteiger partial charge >= 0.3 is 5.97 Å². The van der Waals surface area contributed by atoms with Crippen molar-refractivity contribution in [3.05, 3.63) is 34.7 Å². The lowest BCUT2D eigenvalue weighted by atomic mass is 9.96. The van der Waals surface area contributed by atoms with Gasteiger partial charge in [-0.05, 0) is 77.7 Å². The number of nitrogens with zero attached hydrogens (tertiary/aromatic N) is 2. The molecule has 3 aliphatic rings. The number of likely N-dealkylation sites (tertiary alicyclic amines) is 1. The Morgan fingerprint density at radius 1 is 1.03 bits per heavy atom. The molecule has 2 fully saturated rings. The third kappa shape index (κ3) is 5.33. The highest BCUT2D eigenvalue weighted by molar-refractivity contribution is 5.99. The molecule has 1 aromatic rings. The second-order valence-corrected chi connectivity index (χ2v) is 9.70. The van der Waals surface area contributed by atoms with Crippen molar-refractivity contribution in [1.29, 1.82) is 0 Å². The predicted molar refractivity (Wildman–Crippen MR) is 122 cm³/mol. The average molecular weight is 441 g/mol. The van der Waals surface area contributed by atoms with E-state index < -0.39 is 0 Å². The number of Topliss-reactive ketones (excluding diaryl/α,β-unsaturated/α-hetero) is 1. The first-order valence-corrected chi connectivity index (χ1v) is 12.3. The van der Waals surface area contributed by atoms with Crippen molar-refractivity contribution in [3.63, 3.8) is 0 Å². The zero-order valence-corrected chi connectivity index (χ0v) is 19.5. The van der Waals surface area contributed by atoms with Crippen molar-refractivity contribution in [1.82, 2.24) is 9.47 Å². The first-order chi connectivity index (χ1) is 15.4. The molecule has 0 bridgehead atoms. The number of amides is 1. The van der Waals surface area contributed by atoms with Crippen molar-refractivity contribution in [2.45, 2.75) is 78.2 Å². The number of aromatic nitrogens is 1. The van der Waals surface area contributed by atoms with Gasteiger partial charge in [-0.25, -0.2) is 0 Å². The van der Waals surface area contributed by atoms with E-state index in [-0.39, 0.29) is 36.1 Å². The standard InChI is InChI=1S/C26H36N2O4/c1-18-16-23(19(2)28(18)15-10-20-6-4-3-5-7-20)24(29)17-32-26(31)22-11-13-27(14-12-22)25(30)21-8-9-21/h6,16,21-22H,3-5,7-15,17H2,1-2H3. The smallest absolute Gasteiger partial charge is 0.309 e. The van der Waals surface area contributed by atoms with Gasteiger partial charge in [-0.1, -0.05) is 11.6 Å². The molecular weight excluding hydrogens is 404 g/mol. The molecule has 1 saturated heterocycles. The molecule has 6 heteroatoms. The highest BCUT2D eigenvalue weighted by Crippen LogP contribution is 2.32. The van der Waals surface area contributed by atoms with Crippen LogP contribution in [0.1, 0.15) is 79.5 Å². The minimum Gasteiger partial charge on any atom is -0.457 e. The largest absolute Gasteiger partial charge is 0.457 e. The molecule has 174 valence electrons. The molecule has 0 N–H and O–H groups in total. The maximum absolute atomic E-state index is 12.8. The van der Waals surface area contributed by atoms with Crippen molar-refractivity contribution >= 4 is 17.7 Å². The van der Waals surface area contributed by atoms with Gasteiger partial charge in [0.15, 0.2) is 6.61 Å². The van der Waals surface area contributed by atoms with Crippen LogP contribution in [0.15, 0.2) is 17.7 Å². The molecule has 2 heterocycles. The van der Waals surface area contributed by atoms with E-state index in [0.29, 0.717) is 31.5 Å². The molecule has 1 amide bonds. The van der Waals surface area contributed by atoms with Gasteiger partial charge in [0.25, 0.3) is 0 Å². The summed E-state index contributed by atoms with van der Waals surface area (Å²) in [5.41, 5.74) is 4.20. The van der Waals surface area contributed by atoms with Gasteiger partial charge in [-0.15, -0.1) is 0 Å². The molecule has 1 aliphatic heterocycles. The van der Waals surface area contributed by atoms with Gasteiger partial charge in [0.2, 0.25) is 11.7 Å². The number of ketones is 1. The summed E-state index contributed by atoms with van der Waals surface area (Å²) in [4.78, 5) is 39.3. The fourth-order valence-electron chi connectivity index (χ4n) is 5.07. The molecule has 6 nitrogen and oxygen atoms in total. The zero-order chi connectivity index (χ0) is 22.7. The van der Waals surface area contributed by atoms with Crippen LogP contribution in [0.5, 0.6) is 0 Å². The van der Waals surface area contributed by atoms with Crippen LogP contribution < -0.4 is 0 Å². The fourth-order valence-corrected chi connectivity index (χ4v) is 5.07. The molecule has 32 heavy (non-hydrogen) atoms. The third-order valence-electron chi connectivity index (χ3n) is 7.33. The highest BCUT2D eigenvalue weighted by atomic mass is 16.5. The average Bonchev–Trinajstić information content (AvgIpc) is 3.62. The Morgan fingerprint density at radius 2 is 1.78 bits per heavy atom. The van der Waals surface area contributed by atoms with Crippen LogP contribution in [0, 0.1) is 25.7 Å². The van der Waals surface area contributed by atoms with E-state index in [1.807, 2.05) is 24.8 Å². The quantitative estimate of drug-likeness (QED) is 0.342. The molecule has 2 aliphatic carbocycles. The minimum atomic E-state index is -0.310. The molecule has 1 aromatic heterocycles. The summed E-state index contributed by atoms with van der Waals surface area (Å²) in [5.74, 6) is -0.218. The number of carbonyl (C=O) groups is 3. The molecule has 0 radical (unpaired) electrons. The monoisotopic (exact) mass is 440 g/mol. The Balaban J connectivity index is 1.26. The second-order valence-electron chi connectivity index (χ2n) is 9.70. The van der Waals surface area contributed by atoms with E-state index in [2.05, 4.69) is 10.6 Å². The molecule has 0 aromatic carbocycles. The van der Waals surface area contributed by atoms with Crippen LogP contribution in [0.4, 0.5) is 0 Å². The summed E-state index contributed by atoms with van der Waals surface area (Å²) in [7, 11) is 0. The van der Waals surface area contributed by atoms with Gasteiger partial charge < -0.3 is 14.2 Å². The lowest BCUT2D eigenvalue weighted by molar-refractivity contribution is -0.150. The number of allylic oxidation sites excluding steroid dienone is 2. The normalized spacial score (nSPS) is 19.6. The van der Waals surface area contributed by atoms with Gasteiger partial charge in [0, 0.05) is 42.5 Å².